The number of unbranched alkanes of at least 4 members (excludes halogenated alkanes) is 37. The Hall–Kier alpha value is -2.29. The summed E-state index contributed by atoms with van der Waals surface area (Å²) in [6, 6.07) is -0.894. The monoisotopic (exact) mass is 1130 g/mol. The van der Waals surface area contributed by atoms with Gasteiger partial charge in [0.1, 0.15) is 19.3 Å². The fraction of sp³-hybridized carbons (Fsp3) is 0.826. The van der Waals surface area contributed by atoms with E-state index in [0.29, 0.717) is 17.4 Å². The molecular weight excluding hydrogens is 1000 g/mol. The Morgan fingerprint density at radius 1 is 0.443 bits per heavy atom. The molecule has 0 saturated heterocycles. The average molecular weight is 1130 g/mol. The number of esters is 1. The van der Waals surface area contributed by atoms with Gasteiger partial charge in [-0.05, 0) is 96.0 Å². The molecule has 0 aromatic heterocycles. The summed E-state index contributed by atoms with van der Waals surface area (Å²) in [6.45, 7) is 6.84. The molecule has 0 radical (unpaired) electrons. The maximum Gasteiger partial charge on any atom is 0.306 e. The Morgan fingerprint density at radius 3 is 1.19 bits per heavy atom. The van der Waals surface area contributed by atoms with Crippen molar-refractivity contribution in [2.45, 2.75) is 328 Å². The summed E-state index contributed by atoms with van der Waals surface area (Å²) in [4.78, 5) is 40.1. The van der Waals surface area contributed by atoms with Gasteiger partial charge in [0.2, 0.25) is 5.91 Å². The Morgan fingerprint density at radius 2 is 0.772 bits per heavy atom. The van der Waals surface area contributed by atoms with E-state index < -0.39 is 26.6 Å². The zero-order valence-electron chi connectivity index (χ0n) is 52.8. The van der Waals surface area contributed by atoms with Gasteiger partial charge in [-0.3, -0.25) is 14.2 Å². The zero-order chi connectivity index (χ0) is 57.9. The van der Waals surface area contributed by atoms with E-state index in [9.17, 15) is 19.0 Å². The first-order valence-corrected chi connectivity index (χ1v) is 35.1. The summed E-state index contributed by atoms with van der Waals surface area (Å²) in [7, 11) is 1.18. The quantitative estimate of drug-likeness (QED) is 0.0212. The van der Waals surface area contributed by atoms with Crippen molar-refractivity contribution in [2.24, 2.45) is 0 Å². The summed E-state index contributed by atoms with van der Waals surface area (Å²) in [5.74, 6) is -0.542. The van der Waals surface area contributed by atoms with E-state index >= 15 is 0 Å². The lowest BCUT2D eigenvalue weighted by molar-refractivity contribution is -0.870. The van der Waals surface area contributed by atoms with Crippen LogP contribution in [0.1, 0.15) is 316 Å². The summed E-state index contributed by atoms with van der Waals surface area (Å²) in [6.07, 6.45) is 74.7. The molecule has 0 bridgehead atoms. The third-order valence-corrected chi connectivity index (χ3v) is 15.9. The summed E-state index contributed by atoms with van der Waals surface area (Å²) in [5.41, 5.74) is 0. The van der Waals surface area contributed by atoms with Gasteiger partial charge in [-0.1, -0.05) is 268 Å². The first kappa shape index (κ1) is 76.7. The van der Waals surface area contributed by atoms with Gasteiger partial charge in [0.05, 0.1) is 33.8 Å². The molecule has 0 rings (SSSR count). The number of ether oxygens (including phenoxy) is 1. The molecule has 1 N–H and O–H groups in total. The maximum absolute atomic E-state index is 13.6. The fourth-order valence-electron chi connectivity index (χ4n) is 9.70. The minimum Gasteiger partial charge on any atom is -0.756 e. The van der Waals surface area contributed by atoms with Crippen LogP contribution in [-0.2, 0) is 27.9 Å². The fourth-order valence-corrected chi connectivity index (χ4v) is 10.4. The predicted octanol–water partition coefficient (Wildman–Crippen LogP) is 20.4. The molecule has 0 saturated carbocycles. The van der Waals surface area contributed by atoms with Crippen LogP contribution in [0, 0.1) is 0 Å². The number of likely N-dealkylation sites (N-methyl/N-ethyl adjacent to an activating group) is 1. The Kier molecular flexibility index (Phi) is 57.2. The molecule has 1 amide bonds. The van der Waals surface area contributed by atoms with Gasteiger partial charge >= 0.3 is 5.97 Å². The normalized spacial score (nSPS) is 14.0. The number of phosphoric ester groups is 1. The van der Waals surface area contributed by atoms with Crippen LogP contribution in [0.25, 0.3) is 0 Å². The number of carbonyl (C=O) groups is 2. The third kappa shape index (κ3) is 60.1. The van der Waals surface area contributed by atoms with Crippen molar-refractivity contribution in [3.63, 3.8) is 0 Å². The Balaban J connectivity index is 5.21. The molecule has 0 fully saturated rings. The molecule has 0 aliphatic carbocycles. The van der Waals surface area contributed by atoms with Crippen LogP contribution >= 0.6 is 7.82 Å². The highest BCUT2D eigenvalue weighted by Gasteiger charge is 2.27. The Bertz CT molecular complexity index is 1540. The lowest BCUT2D eigenvalue weighted by Crippen LogP contribution is -2.47. The minimum atomic E-state index is -4.71. The Labute approximate surface area is 490 Å². The van der Waals surface area contributed by atoms with Crippen LogP contribution in [0.15, 0.2) is 60.8 Å². The molecule has 3 atom stereocenters. The second kappa shape index (κ2) is 58.9. The largest absolute Gasteiger partial charge is 0.756 e. The van der Waals surface area contributed by atoms with Crippen LogP contribution in [0.3, 0.4) is 0 Å². The molecule has 0 aliphatic heterocycles. The number of nitrogens with one attached hydrogen (secondary N) is 1. The smallest absolute Gasteiger partial charge is 0.306 e. The predicted molar refractivity (Wildman–Crippen MR) is 339 cm³/mol. The number of quaternary nitrogens is 1. The number of nitrogens with zero attached hydrogens (tertiary/aromatic N) is 1. The average Bonchev–Trinajstić information content (AvgIpc) is 3.41. The number of phosphoric acid groups is 1. The van der Waals surface area contributed by atoms with E-state index in [0.717, 1.165) is 83.5 Å². The van der Waals surface area contributed by atoms with Crippen molar-refractivity contribution in [2.75, 3.05) is 40.9 Å². The number of hydrogen-bond donors (Lipinski definition) is 1. The standard InChI is InChI=1S/C69H129N2O7P/c1-7-10-13-16-19-22-25-28-30-32-34-35-37-38-40-43-46-49-52-55-58-61-68(72)70-66(65-77-79(74,75)76-64-63-71(4,5)6)67(60-57-54-51-48-45-42-27-24-21-18-15-12-9-3)78-69(73)62-59-56-53-50-47-44-41-39-36-33-31-29-26-23-20-17-14-11-8-2/h19,22,28-31,34-35,57,60,66-67H,7-18,20-21,23-27,32-33,36-56,58-59,61-65H2,1-6H3,(H-,70,72,74,75)/b22-19-,30-28-,31-29+,35-34-,60-57+. The van der Waals surface area contributed by atoms with Crippen molar-refractivity contribution < 1.29 is 37.3 Å². The van der Waals surface area contributed by atoms with Crippen molar-refractivity contribution in [3.8, 4) is 0 Å². The van der Waals surface area contributed by atoms with Crippen molar-refractivity contribution in [1.29, 1.82) is 0 Å². The lowest BCUT2D eigenvalue weighted by atomic mass is 10.0. The first-order valence-electron chi connectivity index (χ1n) is 33.6. The third-order valence-electron chi connectivity index (χ3n) is 14.9. The van der Waals surface area contributed by atoms with Gasteiger partial charge in [-0.2, -0.15) is 0 Å². The molecule has 9 nitrogen and oxygen atoms in total. The van der Waals surface area contributed by atoms with E-state index in [-0.39, 0.29) is 24.9 Å². The van der Waals surface area contributed by atoms with E-state index in [2.05, 4.69) is 74.7 Å². The van der Waals surface area contributed by atoms with Crippen LogP contribution < -0.4 is 10.2 Å². The SMILES string of the molecule is CCCCC/C=C\C/C=C\C/C=C\CCCCCCCCCCC(=O)NC(COP(=O)([O-])OCC[N+](C)(C)C)C(/C=C/CCCCCCCCCCCCC)OC(=O)CCCCCCCCCCC/C=C/CCCCCCCC. The molecule has 3 unspecified atom stereocenters. The van der Waals surface area contributed by atoms with Crippen molar-refractivity contribution in [1.82, 2.24) is 5.32 Å². The van der Waals surface area contributed by atoms with E-state index in [4.69, 9.17) is 13.8 Å². The van der Waals surface area contributed by atoms with E-state index in [1.807, 2.05) is 33.3 Å². The summed E-state index contributed by atoms with van der Waals surface area (Å²) < 4.78 is 30.4. The van der Waals surface area contributed by atoms with Gasteiger partial charge in [-0.15, -0.1) is 0 Å². The van der Waals surface area contributed by atoms with Gasteiger partial charge in [0.15, 0.2) is 0 Å². The van der Waals surface area contributed by atoms with E-state index in [1.54, 1.807) is 0 Å². The maximum atomic E-state index is 13.6. The van der Waals surface area contributed by atoms with Gasteiger partial charge in [0, 0.05) is 12.8 Å². The second-order valence-corrected chi connectivity index (χ2v) is 25.4. The van der Waals surface area contributed by atoms with Crippen molar-refractivity contribution >= 4 is 19.7 Å². The molecule has 0 spiro atoms. The zero-order valence-corrected chi connectivity index (χ0v) is 53.7. The highest BCUT2D eigenvalue weighted by Crippen LogP contribution is 2.38. The molecular formula is C69H129N2O7P. The number of hydrogen-bond acceptors (Lipinski definition) is 7. The van der Waals surface area contributed by atoms with Crippen LogP contribution in [0.5, 0.6) is 0 Å². The van der Waals surface area contributed by atoms with Gasteiger partial charge in [-0.25, -0.2) is 0 Å². The highest BCUT2D eigenvalue weighted by molar-refractivity contribution is 7.45. The summed E-state index contributed by atoms with van der Waals surface area (Å²) in [5, 5.41) is 3.04. The minimum absolute atomic E-state index is 0.0247. The highest BCUT2D eigenvalue weighted by atomic mass is 31.2. The topological polar surface area (TPSA) is 114 Å². The number of carbonyl (C=O) groups excluding carboxylic acids is 2. The van der Waals surface area contributed by atoms with Crippen LogP contribution in [0.2, 0.25) is 0 Å². The molecule has 0 aliphatic rings. The first-order chi connectivity index (χ1) is 38.4. The summed E-state index contributed by atoms with van der Waals surface area (Å²) >= 11 is 0. The van der Waals surface area contributed by atoms with E-state index in [1.165, 1.54) is 199 Å². The molecule has 10 heteroatoms. The molecule has 79 heavy (non-hydrogen) atoms. The second-order valence-electron chi connectivity index (χ2n) is 24.0. The van der Waals surface area contributed by atoms with Crippen LogP contribution in [-0.4, -0.2) is 69.4 Å². The molecule has 0 aromatic rings. The number of amides is 1. The number of rotatable bonds is 61. The molecule has 0 heterocycles. The molecule has 0 aromatic carbocycles. The molecule has 462 valence electrons. The van der Waals surface area contributed by atoms with Crippen molar-refractivity contribution in [3.05, 3.63) is 60.8 Å². The number of allylic oxidation sites excluding steroid dienone is 9. The van der Waals surface area contributed by atoms with Gasteiger partial charge in [0.25, 0.3) is 7.82 Å². The van der Waals surface area contributed by atoms with Gasteiger partial charge < -0.3 is 28.5 Å². The lowest BCUT2D eigenvalue weighted by Gasteiger charge is -2.30. The van der Waals surface area contributed by atoms with Crippen LogP contribution in [0.4, 0.5) is 0 Å².